The molecule has 0 saturated heterocycles. The molecule has 6 nitrogen and oxygen atoms in total. The second kappa shape index (κ2) is 7.81. The van der Waals surface area contributed by atoms with E-state index in [2.05, 4.69) is 32.8 Å². The van der Waals surface area contributed by atoms with Gasteiger partial charge in [0.15, 0.2) is 0 Å². The Morgan fingerprint density at radius 1 is 1.14 bits per heavy atom. The van der Waals surface area contributed by atoms with Gasteiger partial charge in [0.25, 0.3) is 0 Å². The second-order valence-electron chi connectivity index (χ2n) is 5.40. The monoisotopic (exact) mass is 291 g/mol. The average Bonchev–Trinajstić information content (AvgIpc) is 3.33. The van der Waals surface area contributed by atoms with Gasteiger partial charge in [0, 0.05) is 25.1 Å². The number of carbonyl (C=O) groups is 1. The standard InChI is InChI=1S/C15H25N5O/c1-3-7-16-12-9-13(18-10-14(21)17-8-4-2)20-15(19-12)11-5-6-11/h9,11H,3-8,10H2,1-2H3,(H,17,21)(H2,16,18,19,20). The summed E-state index contributed by atoms with van der Waals surface area (Å²) < 4.78 is 0. The van der Waals surface area contributed by atoms with Crippen LogP contribution in [-0.2, 0) is 4.79 Å². The molecule has 1 aromatic rings. The van der Waals surface area contributed by atoms with Gasteiger partial charge >= 0.3 is 0 Å². The third kappa shape index (κ3) is 5.21. The van der Waals surface area contributed by atoms with Crippen molar-refractivity contribution in [3.8, 4) is 0 Å². The van der Waals surface area contributed by atoms with Crippen molar-refractivity contribution in [2.75, 3.05) is 30.3 Å². The molecular formula is C15H25N5O. The van der Waals surface area contributed by atoms with Crippen LogP contribution in [0.3, 0.4) is 0 Å². The highest BCUT2D eigenvalue weighted by atomic mass is 16.1. The minimum absolute atomic E-state index is 0.00787. The zero-order valence-electron chi connectivity index (χ0n) is 12.9. The number of carbonyl (C=O) groups excluding carboxylic acids is 1. The van der Waals surface area contributed by atoms with Gasteiger partial charge in [0.2, 0.25) is 5.91 Å². The lowest BCUT2D eigenvalue weighted by Gasteiger charge is -2.11. The van der Waals surface area contributed by atoms with E-state index in [1.807, 2.05) is 13.0 Å². The number of nitrogens with one attached hydrogen (secondary N) is 3. The second-order valence-corrected chi connectivity index (χ2v) is 5.40. The number of anilines is 2. The quantitative estimate of drug-likeness (QED) is 0.649. The van der Waals surface area contributed by atoms with Crippen LogP contribution in [-0.4, -0.2) is 35.5 Å². The van der Waals surface area contributed by atoms with E-state index in [1.54, 1.807) is 0 Å². The maximum Gasteiger partial charge on any atom is 0.239 e. The molecule has 0 aliphatic heterocycles. The van der Waals surface area contributed by atoms with Crippen molar-refractivity contribution in [2.24, 2.45) is 0 Å². The topological polar surface area (TPSA) is 78.9 Å². The molecule has 6 heteroatoms. The Hall–Kier alpha value is -1.85. The molecule has 3 N–H and O–H groups in total. The Kier molecular flexibility index (Phi) is 5.78. The van der Waals surface area contributed by atoms with E-state index < -0.39 is 0 Å². The van der Waals surface area contributed by atoms with Crippen LogP contribution in [0.5, 0.6) is 0 Å². The number of amides is 1. The van der Waals surface area contributed by atoms with Crippen molar-refractivity contribution in [2.45, 2.75) is 45.4 Å². The average molecular weight is 291 g/mol. The number of hydrogen-bond donors (Lipinski definition) is 3. The van der Waals surface area contributed by atoms with Crippen LogP contribution in [0, 0.1) is 0 Å². The fourth-order valence-corrected chi connectivity index (χ4v) is 1.92. The molecule has 1 aliphatic rings. The van der Waals surface area contributed by atoms with Crippen molar-refractivity contribution in [3.63, 3.8) is 0 Å². The third-order valence-corrected chi connectivity index (χ3v) is 3.24. The molecule has 1 aromatic heterocycles. The first-order chi connectivity index (χ1) is 10.2. The van der Waals surface area contributed by atoms with Crippen LogP contribution in [0.2, 0.25) is 0 Å². The number of nitrogens with zero attached hydrogens (tertiary/aromatic N) is 2. The fourth-order valence-electron chi connectivity index (χ4n) is 1.92. The van der Waals surface area contributed by atoms with Crippen LogP contribution in [0.15, 0.2) is 6.07 Å². The summed E-state index contributed by atoms with van der Waals surface area (Å²) in [4.78, 5) is 20.7. The lowest BCUT2D eigenvalue weighted by atomic mass is 10.3. The SMILES string of the molecule is CCCNC(=O)CNc1cc(NCCC)nc(C2CC2)n1. The molecule has 1 aliphatic carbocycles. The van der Waals surface area contributed by atoms with Gasteiger partial charge in [0.1, 0.15) is 17.5 Å². The smallest absolute Gasteiger partial charge is 0.239 e. The summed E-state index contributed by atoms with van der Waals surface area (Å²) in [6.45, 7) is 5.99. The van der Waals surface area contributed by atoms with E-state index in [0.29, 0.717) is 12.5 Å². The maximum atomic E-state index is 11.6. The largest absolute Gasteiger partial charge is 0.370 e. The summed E-state index contributed by atoms with van der Waals surface area (Å²) in [6.07, 6.45) is 4.31. The van der Waals surface area contributed by atoms with Gasteiger partial charge in [-0.1, -0.05) is 13.8 Å². The lowest BCUT2D eigenvalue weighted by Crippen LogP contribution is -2.30. The van der Waals surface area contributed by atoms with E-state index in [9.17, 15) is 4.79 Å². The van der Waals surface area contributed by atoms with Crippen molar-refractivity contribution in [1.82, 2.24) is 15.3 Å². The molecule has 0 radical (unpaired) electrons. The molecule has 1 heterocycles. The number of hydrogen-bond acceptors (Lipinski definition) is 5. The summed E-state index contributed by atoms with van der Waals surface area (Å²) in [7, 11) is 0. The van der Waals surface area contributed by atoms with Gasteiger partial charge in [-0.25, -0.2) is 9.97 Å². The summed E-state index contributed by atoms with van der Waals surface area (Å²) in [5, 5.41) is 9.22. The molecule has 1 fully saturated rings. The van der Waals surface area contributed by atoms with Gasteiger partial charge in [-0.15, -0.1) is 0 Å². The third-order valence-electron chi connectivity index (χ3n) is 3.24. The van der Waals surface area contributed by atoms with Crippen molar-refractivity contribution >= 4 is 17.5 Å². The zero-order valence-corrected chi connectivity index (χ0v) is 12.9. The zero-order chi connectivity index (χ0) is 15.1. The highest BCUT2D eigenvalue weighted by Crippen LogP contribution is 2.38. The first kappa shape index (κ1) is 15.5. The Bertz CT molecular complexity index is 473. The van der Waals surface area contributed by atoms with Gasteiger partial charge < -0.3 is 16.0 Å². The van der Waals surface area contributed by atoms with E-state index >= 15 is 0 Å². The maximum absolute atomic E-state index is 11.6. The summed E-state index contributed by atoms with van der Waals surface area (Å²) in [5.41, 5.74) is 0. The van der Waals surface area contributed by atoms with E-state index in [0.717, 1.165) is 49.7 Å². The summed E-state index contributed by atoms with van der Waals surface area (Å²) >= 11 is 0. The minimum atomic E-state index is -0.00787. The number of rotatable bonds is 9. The predicted octanol–water partition coefficient (Wildman–Crippen LogP) is 2.11. The molecule has 1 saturated carbocycles. The molecule has 116 valence electrons. The van der Waals surface area contributed by atoms with Gasteiger partial charge in [-0.05, 0) is 25.7 Å². The molecule has 0 atom stereocenters. The highest BCUT2D eigenvalue weighted by molar-refractivity contribution is 5.80. The summed E-state index contributed by atoms with van der Waals surface area (Å²) in [5.74, 6) is 2.92. The molecule has 0 bridgehead atoms. The predicted molar refractivity (Wildman–Crippen MR) is 84.6 cm³/mol. The molecule has 2 rings (SSSR count). The Morgan fingerprint density at radius 2 is 1.81 bits per heavy atom. The fraction of sp³-hybridized carbons (Fsp3) is 0.667. The van der Waals surface area contributed by atoms with Gasteiger partial charge in [-0.2, -0.15) is 0 Å². The molecule has 0 spiro atoms. The first-order valence-corrected chi connectivity index (χ1v) is 7.86. The van der Waals surface area contributed by atoms with E-state index in [1.165, 1.54) is 0 Å². The van der Waals surface area contributed by atoms with Crippen LogP contribution >= 0.6 is 0 Å². The Morgan fingerprint density at radius 3 is 2.43 bits per heavy atom. The molecule has 0 unspecified atom stereocenters. The minimum Gasteiger partial charge on any atom is -0.370 e. The first-order valence-electron chi connectivity index (χ1n) is 7.86. The van der Waals surface area contributed by atoms with Gasteiger partial charge in [0.05, 0.1) is 6.54 Å². The normalized spacial score (nSPS) is 13.8. The lowest BCUT2D eigenvalue weighted by molar-refractivity contribution is -0.119. The number of aromatic nitrogens is 2. The molecule has 0 aromatic carbocycles. The van der Waals surface area contributed by atoms with Crippen molar-refractivity contribution in [1.29, 1.82) is 0 Å². The van der Waals surface area contributed by atoms with Crippen LogP contribution < -0.4 is 16.0 Å². The van der Waals surface area contributed by atoms with Crippen LogP contribution in [0.1, 0.15) is 51.3 Å². The van der Waals surface area contributed by atoms with E-state index in [-0.39, 0.29) is 12.5 Å². The van der Waals surface area contributed by atoms with Crippen LogP contribution in [0.4, 0.5) is 11.6 Å². The molecule has 21 heavy (non-hydrogen) atoms. The Labute approximate surface area is 126 Å². The van der Waals surface area contributed by atoms with E-state index in [4.69, 9.17) is 0 Å². The Balaban J connectivity index is 1.96. The summed E-state index contributed by atoms with van der Waals surface area (Å²) in [6, 6.07) is 1.87. The molecule has 1 amide bonds. The highest BCUT2D eigenvalue weighted by Gasteiger charge is 2.27. The van der Waals surface area contributed by atoms with Crippen LogP contribution in [0.25, 0.3) is 0 Å². The van der Waals surface area contributed by atoms with Crippen molar-refractivity contribution in [3.05, 3.63) is 11.9 Å². The molecular weight excluding hydrogens is 266 g/mol. The van der Waals surface area contributed by atoms with Crippen molar-refractivity contribution < 1.29 is 4.79 Å². The van der Waals surface area contributed by atoms with Gasteiger partial charge in [-0.3, -0.25) is 4.79 Å².